The molecule has 0 saturated carbocycles. The van der Waals surface area contributed by atoms with Crippen LogP contribution in [0.5, 0.6) is 11.5 Å². The maximum atomic E-state index is 12.8. The molecular weight excluding hydrogens is 332 g/mol. The number of hydrogen-bond acceptors (Lipinski definition) is 4. The van der Waals surface area contributed by atoms with E-state index in [1.54, 1.807) is 11.8 Å². The quantitative estimate of drug-likeness (QED) is 0.907. The molecule has 0 bridgehead atoms. The fourth-order valence-electron chi connectivity index (χ4n) is 3.42. The van der Waals surface area contributed by atoms with Gasteiger partial charge in [0.25, 0.3) is 0 Å². The monoisotopic (exact) mass is 354 g/mol. The number of nitrogens with one attached hydrogen (secondary N) is 1. The summed E-state index contributed by atoms with van der Waals surface area (Å²) in [7, 11) is 0. The van der Waals surface area contributed by atoms with Gasteiger partial charge in [-0.3, -0.25) is 4.79 Å². The van der Waals surface area contributed by atoms with Crippen molar-refractivity contribution in [3.8, 4) is 11.5 Å². The van der Waals surface area contributed by atoms with Crippen molar-refractivity contribution in [2.75, 3.05) is 19.0 Å². The van der Waals surface area contributed by atoms with Crippen molar-refractivity contribution >= 4 is 17.7 Å². The van der Waals surface area contributed by atoms with Crippen molar-refractivity contribution in [3.63, 3.8) is 0 Å². The Balaban J connectivity index is 1.42. The fourth-order valence-corrected chi connectivity index (χ4v) is 4.69. The second-order valence-electron chi connectivity index (χ2n) is 6.45. The standard InChI is InChI=1S/C20H22N2O2S/c23-20-19(25-14-22(20)16-10-12-21-13-11-16)15-6-8-18(9-7-15)24-17-4-2-1-3-5-17/h1-9,16,19,21H,10-14H2. The smallest absolute Gasteiger partial charge is 0.241 e. The second-order valence-corrected chi connectivity index (χ2v) is 7.51. The lowest BCUT2D eigenvalue weighted by atomic mass is 10.0. The van der Waals surface area contributed by atoms with E-state index in [4.69, 9.17) is 4.74 Å². The van der Waals surface area contributed by atoms with Gasteiger partial charge in [-0.2, -0.15) is 0 Å². The number of para-hydroxylation sites is 1. The van der Waals surface area contributed by atoms with E-state index in [1.165, 1.54) is 0 Å². The molecule has 0 aromatic heterocycles. The lowest BCUT2D eigenvalue weighted by Crippen LogP contribution is -2.44. The molecule has 2 aliphatic heterocycles. The highest BCUT2D eigenvalue weighted by Crippen LogP contribution is 2.40. The van der Waals surface area contributed by atoms with E-state index in [0.29, 0.717) is 6.04 Å². The van der Waals surface area contributed by atoms with Gasteiger partial charge in [-0.15, -0.1) is 11.8 Å². The molecule has 0 radical (unpaired) electrons. The minimum absolute atomic E-state index is 0.0827. The zero-order valence-corrected chi connectivity index (χ0v) is 14.9. The zero-order valence-electron chi connectivity index (χ0n) is 14.1. The molecule has 130 valence electrons. The number of carbonyl (C=O) groups is 1. The Morgan fingerprint density at radius 2 is 1.64 bits per heavy atom. The summed E-state index contributed by atoms with van der Waals surface area (Å²) in [5.41, 5.74) is 1.06. The maximum Gasteiger partial charge on any atom is 0.241 e. The number of thioether (sulfide) groups is 1. The fraction of sp³-hybridized carbons (Fsp3) is 0.350. The summed E-state index contributed by atoms with van der Waals surface area (Å²) in [6.45, 7) is 2.02. The Morgan fingerprint density at radius 1 is 0.960 bits per heavy atom. The SMILES string of the molecule is O=C1C(c2ccc(Oc3ccccc3)cc2)SCN1C1CCNCC1. The third-order valence-electron chi connectivity index (χ3n) is 4.80. The number of nitrogens with zero attached hydrogens (tertiary/aromatic N) is 1. The van der Waals surface area contributed by atoms with Crippen molar-refractivity contribution in [2.24, 2.45) is 0 Å². The van der Waals surface area contributed by atoms with Crippen molar-refractivity contribution in [2.45, 2.75) is 24.1 Å². The number of hydrogen-bond donors (Lipinski definition) is 1. The van der Waals surface area contributed by atoms with Gasteiger partial charge < -0.3 is 15.0 Å². The van der Waals surface area contributed by atoms with Gasteiger partial charge in [0, 0.05) is 6.04 Å². The molecule has 1 N–H and O–H groups in total. The normalized spacial score (nSPS) is 21.5. The average molecular weight is 354 g/mol. The number of piperidine rings is 1. The van der Waals surface area contributed by atoms with Gasteiger partial charge in [-0.05, 0) is 55.8 Å². The van der Waals surface area contributed by atoms with Crippen LogP contribution in [-0.4, -0.2) is 35.8 Å². The molecule has 1 amide bonds. The Hall–Kier alpha value is -1.98. The highest BCUT2D eigenvalue weighted by atomic mass is 32.2. The summed E-state index contributed by atoms with van der Waals surface area (Å²) >= 11 is 1.73. The van der Waals surface area contributed by atoms with Crippen LogP contribution in [0.2, 0.25) is 0 Å². The van der Waals surface area contributed by atoms with E-state index in [-0.39, 0.29) is 11.2 Å². The molecule has 25 heavy (non-hydrogen) atoms. The van der Waals surface area contributed by atoms with Gasteiger partial charge in [0.15, 0.2) is 0 Å². The molecule has 2 heterocycles. The van der Waals surface area contributed by atoms with Crippen molar-refractivity contribution in [3.05, 3.63) is 60.2 Å². The van der Waals surface area contributed by atoms with E-state index in [2.05, 4.69) is 10.2 Å². The minimum atomic E-state index is -0.0827. The van der Waals surface area contributed by atoms with E-state index in [0.717, 1.165) is 48.9 Å². The molecule has 2 aromatic rings. The second kappa shape index (κ2) is 7.50. The molecule has 1 unspecified atom stereocenters. The summed E-state index contributed by atoms with van der Waals surface area (Å²) in [5, 5.41) is 3.28. The zero-order chi connectivity index (χ0) is 17.1. The van der Waals surface area contributed by atoms with Crippen LogP contribution in [0, 0.1) is 0 Å². The van der Waals surface area contributed by atoms with E-state index in [1.807, 2.05) is 54.6 Å². The van der Waals surface area contributed by atoms with Gasteiger partial charge >= 0.3 is 0 Å². The lowest BCUT2D eigenvalue weighted by molar-refractivity contribution is -0.131. The van der Waals surface area contributed by atoms with Gasteiger partial charge in [-0.1, -0.05) is 30.3 Å². The maximum absolute atomic E-state index is 12.8. The molecule has 0 aliphatic carbocycles. The molecule has 0 spiro atoms. The Labute approximate surface area is 152 Å². The van der Waals surface area contributed by atoms with Crippen LogP contribution in [-0.2, 0) is 4.79 Å². The van der Waals surface area contributed by atoms with Gasteiger partial charge in [-0.25, -0.2) is 0 Å². The van der Waals surface area contributed by atoms with E-state index < -0.39 is 0 Å². The highest BCUT2D eigenvalue weighted by molar-refractivity contribution is 8.00. The van der Waals surface area contributed by atoms with Crippen molar-refractivity contribution in [1.29, 1.82) is 0 Å². The predicted molar refractivity (Wildman–Crippen MR) is 101 cm³/mol. The largest absolute Gasteiger partial charge is 0.457 e. The van der Waals surface area contributed by atoms with Crippen LogP contribution in [0.1, 0.15) is 23.7 Å². The number of rotatable bonds is 4. The van der Waals surface area contributed by atoms with Crippen LogP contribution < -0.4 is 10.1 Å². The predicted octanol–water partition coefficient (Wildman–Crippen LogP) is 3.80. The van der Waals surface area contributed by atoms with Crippen LogP contribution >= 0.6 is 11.8 Å². The first-order chi connectivity index (χ1) is 12.3. The first kappa shape index (κ1) is 16.5. The highest BCUT2D eigenvalue weighted by Gasteiger charge is 2.37. The number of benzene rings is 2. The van der Waals surface area contributed by atoms with Crippen LogP contribution in [0.15, 0.2) is 54.6 Å². The molecule has 2 fully saturated rings. The van der Waals surface area contributed by atoms with Gasteiger partial charge in [0.05, 0.1) is 5.88 Å². The first-order valence-electron chi connectivity index (χ1n) is 8.77. The average Bonchev–Trinajstić information content (AvgIpc) is 3.05. The van der Waals surface area contributed by atoms with E-state index >= 15 is 0 Å². The Kier molecular flexibility index (Phi) is 4.95. The molecule has 1 atom stereocenters. The molecule has 2 saturated heterocycles. The number of ether oxygens (including phenoxy) is 1. The number of amides is 1. The minimum Gasteiger partial charge on any atom is -0.457 e. The van der Waals surface area contributed by atoms with Crippen LogP contribution in [0.4, 0.5) is 0 Å². The molecular formula is C20H22N2O2S. The molecule has 4 rings (SSSR count). The summed E-state index contributed by atoms with van der Waals surface area (Å²) in [6.07, 6.45) is 2.12. The third-order valence-corrected chi connectivity index (χ3v) is 6.03. The summed E-state index contributed by atoms with van der Waals surface area (Å²) in [5.74, 6) is 2.67. The molecule has 2 aromatic carbocycles. The molecule has 5 heteroatoms. The summed E-state index contributed by atoms with van der Waals surface area (Å²) in [6, 6.07) is 18.0. The van der Waals surface area contributed by atoms with Crippen molar-refractivity contribution in [1.82, 2.24) is 10.2 Å². The van der Waals surface area contributed by atoms with Crippen molar-refractivity contribution < 1.29 is 9.53 Å². The van der Waals surface area contributed by atoms with Gasteiger partial charge in [0.1, 0.15) is 16.7 Å². The van der Waals surface area contributed by atoms with Crippen LogP contribution in [0.25, 0.3) is 0 Å². The van der Waals surface area contributed by atoms with Crippen LogP contribution in [0.3, 0.4) is 0 Å². The van der Waals surface area contributed by atoms with Gasteiger partial charge in [0.2, 0.25) is 5.91 Å². The lowest BCUT2D eigenvalue weighted by Gasteiger charge is -2.31. The third kappa shape index (κ3) is 3.67. The Morgan fingerprint density at radius 3 is 2.36 bits per heavy atom. The summed E-state index contributed by atoms with van der Waals surface area (Å²) < 4.78 is 5.83. The topological polar surface area (TPSA) is 41.6 Å². The number of carbonyl (C=O) groups excluding carboxylic acids is 1. The van der Waals surface area contributed by atoms with E-state index in [9.17, 15) is 4.79 Å². The first-order valence-corrected chi connectivity index (χ1v) is 9.82. The summed E-state index contributed by atoms with van der Waals surface area (Å²) in [4.78, 5) is 14.9. The molecule has 4 nitrogen and oxygen atoms in total. The Bertz CT molecular complexity index is 714. The molecule has 2 aliphatic rings.